The van der Waals surface area contributed by atoms with Crippen molar-refractivity contribution in [2.75, 3.05) is 18.5 Å². The monoisotopic (exact) mass is 624 g/mol. The van der Waals surface area contributed by atoms with Crippen LogP contribution in [0.25, 0.3) is 32.9 Å². The van der Waals surface area contributed by atoms with Gasteiger partial charge in [-0.2, -0.15) is 0 Å². The second-order valence-electron chi connectivity index (χ2n) is 11.3. The largest absolute Gasteiger partial charge is 0.491 e. The van der Waals surface area contributed by atoms with Crippen molar-refractivity contribution in [2.24, 2.45) is 0 Å². The number of benzene rings is 3. The molecule has 0 atom stereocenters. The van der Waals surface area contributed by atoms with Crippen LogP contribution >= 0.6 is 0 Å². The molecule has 6 aromatic rings. The third-order valence-corrected chi connectivity index (χ3v) is 7.17. The van der Waals surface area contributed by atoms with Gasteiger partial charge in [0, 0.05) is 53.9 Å². The van der Waals surface area contributed by atoms with E-state index in [1.165, 1.54) is 42.6 Å². The Hall–Kier alpha value is -5.39. The molecule has 46 heavy (non-hydrogen) atoms. The van der Waals surface area contributed by atoms with Crippen molar-refractivity contribution >= 4 is 33.3 Å². The van der Waals surface area contributed by atoms with Crippen molar-refractivity contribution in [3.8, 4) is 28.4 Å². The lowest BCUT2D eigenvalue weighted by atomic mass is 10.0. The molecule has 0 amide bonds. The molecule has 3 aromatic heterocycles. The Kier molecular flexibility index (Phi) is 8.35. The van der Waals surface area contributed by atoms with Crippen LogP contribution in [0.15, 0.2) is 96.2 Å². The molecule has 0 spiro atoms. The predicted octanol–water partition coefficient (Wildman–Crippen LogP) is 6.57. The molecule has 3 aromatic carbocycles. The molecule has 3 N–H and O–H groups in total. The van der Waals surface area contributed by atoms with Crippen LogP contribution in [0.5, 0.6) is 17.2 Å². The Morgan fingerprint density at radius 3 is 2.46 bits per heavy atom. The summed E-state index contributed by atoms with van der Waals surface area (Å²) in [5.74, 6) is -0.0323. The van der Waals surface area contributed by atoms with Crippen LogP contribution in [-0.4, -0.2) is 43.6 Å². The van der Waals surface area contributed by atoms with E-state index in [1.54, 1.807) is 67.2 Å². The number of fused-ring (bicyclic) bond motifs is 2. The van der Waals surface area contributed by atoms with E-state index in [-0.39, 0.29) is 42.1 Å². The van der Waals surface area contributed by atoms with Gasteiger partial charge in [0.1, 0.15) is 29.7 Å². The maximum atomic E-state index is 15.4. The number of nitrogens with one attached hydrogen (secondary N) is 1. The zero-order valence-corrected chi connectivity index (χ0v) is 25.0. The number of hydrogen-bond donors (Lipinski definition) is 3. The van der Waals surface area contributed by atoms with E-state index in [0.29, 0.717) is 44.7 Å². The van der Waals surface area contributed by atoms with E-state index in [9.17, 15) is 19.4 Å². The molecule has 3 heterocycles. The summed E-state index contributed by atoms with van der Waals surface area (Å²) in [6.45, 7) is 3.42. The number of aliphatic hydroxyl groups excluding tert-OH is 1. The third-order valence-electron chi connectivity index (χ3n) is 7.17. The molecular weight excluding hydrogens is 594 g/mol. The summed E-state index contributed by atoms with van der Waals surface area (Å²) in [6, 6.07) is 18.3. The highest BCUT2D eigenvalue weighted by Gasteiger charge is 2.17. The minimum absolute atomic E-state index is 0.0322. The van der Waals surface area contributed by atoms with Gasteiger partial charge < -0.3 is 29.6 Å². The van der Waals surface area contributed by atoms with E-state index in [4.69, 9.17) is 9.47 Å². The van der Waals surface area contributed by atoms with Crippen LogP contribution in [0.4, 0.5) is 20.3 Å². The second-order valence-corrected chi connectivity index (χ2v) is 11.3. The van der Waals surface area contributed by atoms with E-state index < -0.39 is 17.2 Å². The first-order chi connectivity index (χ1) is 22.1. The molecule has 0 aliphatic rings. The van der Waals surface area contributed by atoms with Gasteiger partial charge in [0.05, 0.1) is 28.6 Å². The summed E-state index contributed by atoms with van der Waals surface area (Å²) in [7, 11) is 0. The molecule has 0 saturated heterocycles. The number of halogens is 2. The molecule has 0 unspecified atom stereocenters. The number of aliphatic hydroxyl groups is 2. The molecule has 0 aliphatic carbocycles. The van der Waals surface area contributed by atoms with Crippen LogP contribution in [0.1, 0.15) is 13.8 Å². The number of hydrogen-bond acceptors (Lipinski definition) is 8. The molecule has 0 bridgehead atoms. The number of ether oxygens (including phenoxy) is 2. The molecule has 6 rings (SSSR count). The molecule has 0 aliphatic heterocycles. The first-order valence-electron chi connectivity index (χ1n) is 14.5. The van der Waals surface area contributed by atoms with Crippen molar-refractivity contribution in [1.29, 1.82) is 0 Å². The minimum atomic E-state index is -0.998. The zero-order chi connectivity index (χ0) is 32.4. The Balaban J connectivity index is 1.30. The van der Waals surface area contributed by atoms with Crippen LogP contribution in [0.3, 0.4) is 0 Å². The molecule has 0 radical (unpaired) electrons. The third kappa shape index (κ3) is 6.51. The fourth-order valence-corrected chi connectivity index (χ4v) is 5.01. The fourth-order valence-electron chi connectivity index (χ4n) is 5.01. The summed E-state index contributed by atoms with van der Waals surface area (Å²) < 4.78 is 42.3. The van der Waals surface area contributed by atoms with Crippen molar-refractivity contribution in [3.05, 3.63) is 113 Å². The van der Waals surface area contributed by atoms with Crippen molar-refractivity contribution in [1.82, 2.24) is 14.5 Å². The molecular formula is C35H30F2N4O5. The summed E-state index contributed by atoms with van der Waals surface area (Å²) in [5.41, 5.74) is 0.848. The second kappa shape index (κ2) is 12.5. The van der Waals surface area contributed by atoms with Gasteiger partial charge in [0.25, 0.3) is 0 Å². The summed E-state index contributed by atoms with van der Waals surface area (Å²) in [6.07, 6.45) is 4.68. The van der Waals surface area contributed by atoms with Gasteiger partial charge in [-0.05, 0) is 67.9 Å². The quantitative estimate of drug-likeness (QED) is 0.157. The van der Waals surface area contributed by atoms with Gasteiger partial charge in [-0.15, -0.1) is 0 Å². The van der Waals surface area contributed by atoms with Crippen molar-refractivity contribution in [2.45, 2.75) is 26.0 Å². The van der Waals surface area contributed by atoms with Gasteiger partial charge >= 0.3 is 0 Å². The maximum absolute atomic E-state index is 15.4. The Bertz CT molecular complexity index is 2110. The van der Waals surface area contributed by atoms with Crippen LogP contribution < -0.4 is 20.2 Å². The van der Waals surface area contributed by atoms with Gasteiger partial charge in [-0.25, -0.2) is 13.8 Å². The SMILES string of the molecule is CC(C)(O)COc1ccc2c(Oc3ccc(Nc4nccc5c4c(=O)c(-c4ccc(F)cc4)cn5CCO)cc3F)ccnc2c1. The highest BCUT2D eigenvalue weighted by molar-refractivity contribution is 5.94. The molecule has 9 nitrogen and oxygen atoms in total. The van der Waals surface area contributed by atoms with E-state index >= 15 is 4.39 Å². The molecule has 0 fully saturated rings. The fraction of sp³-hybridized carbons (Fsp3) is 0.171. The van der Waals surface area contributed by atoms with Gasteiger partial charge in [0.15, 0.2) is 11.6 Å². The lowest BCUT2D eigenvalue weighted by Gasteiger charge is -2.18. The van der Waals surface area contributed by atoms with Gasteiger partial charge in [-0.3, -0.25) is 9.78 Å². The predicted molar refractivity (Wildman–Crippen MR) is 172 cm³/mol. The normalized spacial score (nSPS) is 11.6. The zero-order valence-electron chi connectivity index (χ0n) is 25.0. The standard InChI is InChI=1S/C35H30F2N4O5/c1-35(2,44)20-45-24-8-9-25-28(18-24)38-14-12-30(25)46-31-10-7-23(17-27(31)37)40-34-32-29(11-13-39-34)41(15-16-42)19-26(33(32)43)21-3-5-22(36)6-4-21/h3-14,17-19,42,44H,15-16,20H2,1-2H3,(H,39,40). The van der Waals surface area contributed by atoms with E-state index in [1.807, 2.05) is 0 Å². The summed E-state index contributed by atoms with van der Waals surface area (Å²) >= 11 is 0. The van der Waals surface area contributed by atoms with Crippen LogP contribution in [0.2, 0.25) is 0 Å². The topological polar surface area (TPSA) is 119 Å². The van der Waals surface area contributed by atoms with Crippen molar-refractivity contribution < 1.29 is 28.5 Å². The molecule has 11 heteroatoms. The Labute approximate surface area is 262 Å². The number of rotatable bonds is 10. The lowest BCUT2D eigenvalue weighted by Crippen LogP contribution is -2.27. The number of pyridine rings is 3. The highest BCUT2D eigenvalue weighted by atomic mass is 19.1. The first-order valence-corrected chi connectivity index (χ1v) is 14.5. The van der Waals surface area contributed by atoms with Crippen LogP contribution in [0, 0.1) is 11.6 Å². The average Bonchev–Trinajstić information content (AvgIpc) is 3.03. The Morgan fingerprint density at radius 1 is 0.935 bits per heavy atom. The molecule has 0 saturated carbocycles. The maximum Gasteiger partial charge on any atom is 0.200 e. The number of nitrogens with zero attached hydrogens (tertiary/aromatic N) is 3. The smallest absolute Gasteiger partial charge is 0.200 e. The van der Waals surface area contributed by atoms with Gasteiger partial charge in [0.2, 0.25) is 5.43 Å². The van der Waals surface area contributed by atoms with E-state index in [2.05, 4.69) is 15.3 Å². The first kappa shape index (κ1) is 30.6. The van der Waals surface area contributed by atoms with Gasteiger partial charge in [-0.1, -0.05) is 12.1 Å². The summed E-state index contributed by atoms with van der Waals surface area (Å²) in [4.78, 5) is 22.5. The Morgan fingerprint density at radius 2 is 1.72 bits per heavy atom. The summed E-state index contributed by atoms with van der Waals surface area (Å²) in [5, 5.41) is 23.5. The minimum Gasteiger partial charge on any atom is -0.491 e. The highest BCUT2D eigenvalue weighted by Crippen LogP contribution is 2.34. The van der Waals surface area contributed by atoms with Crippen molar-refractivity contribution in [3.63, 3.8) is 0 Å². The molecule has 234 valence electrons. The van der Waals surface area contributed by atoms with Crippen LogP contribution in [-0.2, 0) is 6.54 Å². The van der Waals surface area contributed by atoms with E-state index in [0.717, 1.165) is 0 Å². The lowest BCUT2D eigenvalue weighted by molar-refractivity contribution is 0.0285. The number of anilines is 2. The average molecular weight is 625 g/mol. The number of aromatic nitrogens is 3.